The molecule has 2 aromatic carbocycles. The monoisotopic (exact) mass is 281 g/mol. The molecule has 0 bridgehead atoms. The van der Waals surface area contributed by atoms with Crippen LogP contribution in [0.4, 0.5) is 14.5 Å². The van der Waals surface area contributed by atoms with Crippen LogP contribution in [-0.4, -0.2) is 10.3 Å². The Balaban J connectivity index is 2.30. The fourth-order valence-corrected chi connectivity index (χ4v) is 2.07. The Kier molecular flexibility index (Phi) is 2.60. The van der Waals surface area contributed by atoms with Crippen LogP contribution in [-0.2, 0) is 0 Å². The van der Waals surface area contributed by atoms with E-state index < -0.39 is 11.6 Å². The van der Waals surface area contributed by atoms with Gasteiger partial charge in [0.2, 0.25) is 0 Å². The van der Waals surface area contributed by atoms with Crippen molar-refractivity contribution in [2.45, 2.75) is 0 Å². The number of nitrogens with two attached hydrogens (primary N) is 1. The lowest BCUT2D eigenvalue weighted by Gasteiger charge is -2.07. The first-order valence-corrected chi connectivity index (χ1v) is 5.61. The number of hydrogen-bond acceptors (Lipinski definition) is 4. The van der Waals surface area contributed by atoms with Crippen molar-refractivity contribution < 1.29 is 13.4 Å². The van der Waals surface area contributed by atoms with Crippen molar-refractivity contribution in [2.75, 3.05) is 5.73 Å². The van der Waals surface area contributed by atoms with Gasteiger partial charge in [-0.05, 0) is 34.6 Å². The van der Waals surface area contributed by atoms with Crippen molar-refractivity contribution in [3.63, 3.8) is 0 Å². The average molecular weight is 282 g/mol. The fourth-order valence-electron chi connectivity index (χ4n) is 1.80. The van der Waals surface area contributed by atoms with E-state index >= 15 is 0 Å². The Morgan fingerprint density at radius 3 is 2.68 bits per heavy atom. The SMILES string of the molecule is Nc1cc(Cl)c(-c2ccc3nonc3c2F)cc1F. The smallest absolute Gasteiger partial charge is 0.171 e. The third kappa shape index (κ3) is 1.80. The molecular formula is C12H6ClF2N3O. The van der Waals surface area contributed by atoms with Crippen LogP contribution in [0.3, 0.4) is 0 Å². The highest BCUT2D eigenvalue weighted by Crippen LogP contribution is 2.34. The zero-order valence-electron chi connectivity index (χ0n) is 9.32. The highest BCUT2D eigenvalue weighted by Gasteiger charge is 2.17. The summed E-state index contributed by atoms with van der Waals surface area (Å²) in [6.45, 7) is 0. The quantitative estimate of drug-likeness (QED) is 0.694. The first-order chi connectivity index (χ1) is 9.08. The second-order valence-electron chi connectivity index (χ2n) is 3.91. The molecule has 1 aromatic heterocycles. The predicted octanol–water partition coefficient (Wildman–Crippen LogP) is 3.40. The van der Waals surface area contributed by atoms with Gasteiger partial charge in [0.05, 0.1) is 10.7 Å². The van der Waals surface area contributed by atoms with E-state index in [-0.39, 0.29) is 32.9 Å². The van der Waals surface area contributed by atoms with E-state index in [2.05, 4.69) is 14.9 Å². The number of hydrogen-bond donors (Lipinski definition) is 1. The molecule has 2 N–H and O–H groups in total. The van der Waals surface area contributed by atoms with Crippen LogP contribution >= 0.6 is 11.6 Å². The number of nitrogens with zero attached hydrogens (tertiary/aromatic N) is 2. The number of fused-ring (bicyclic) bond motifs is 1. The molecule has 0 atom stereocenters. The molecule has 0 fully saturated rings. The summed E-state index contributed by atoms with van der Waals surface area (Å²) in [5, 5.41) is 7.11. The minimum atomic E-state index is -0.676. The summed E-state index contributed by atoms with van der Waals surface area (Å²) < 4.78 is 32.1. The Hall–Kier alpha value is -2.21. The van der Waals surface area contributed by atoms with Gasteiger partial charge >= 0.3 is 0 Å². The van der Waals surface area contributed by atoms with E-state index in [1.54, 1.807) is 0 Å². The summed E-state index contributed by atoms with van der Waals surface area (Å²) in [4.78, 5) is 0. The van der Waals surface area contributed by atoms with Crippen molar-refractivity contribution in [2.24, 2.45) is 0 Å². The number of benzene rings is 2. The highest BCUT2D eigenvalue weighted by atomic mass is 35.5. The largest absolute Gasteiger partial charge is 0.396 e. The van der Waals surface area contributed by atoms with E-state index in [4.69, 9.17) is 17.3 Å². The topological polar surface area (TPSA) is 64.9 Å². The summed E-state index contributed by atoms with van der Waals surface area (Å²) in [5.74, 6) is -1.35. The van der Waals surface area contributed by atoms with Crippen molar-refractivity contribution in [3.8, 4) is 11.1 Å². The predicted molar refractivity (Wildman–Crippen MR) is 66.6 cm³/mol. The molecule has 96 valence electrons. The van der Waals surface area contributed by atoms with Crippen LogP contribution in [0.25, 0.3) is 22.2 Å². The first-order valence-electron chi connectivity index (χ1n) is 5.23. The molecular weight excluding hydrogens is 276 g/mol. The summed E-state index contributed by atoms with van der Waals surface area (Å²) in [5.41, 5.74) is 5.82. The third-order valence-electron chi connectivity index (χ3n) is 2.74. The molecule has 3 rings (SSSR count). The number of nitrogen functional groups attached to an aromatic ring is 1. The highest BCUT2D eigenvalue weighted by molar-refractivity contribution is 6.33. The van der Waals surface area contributed by atoms with Gasteiger partial charge in [-0.15, -0.1) is 0 Å². The van der Waals surface area contributed by atoms with Crippen LogP contribution in [0, 0.1) is 11.6 Å². The number of halogens is 3. The zero-order valence-corrected chi connectivity index (χ0v) is 10.1. The molecule has 19 heavy (non-hydrogen) atoms. The lowest BCUT2D eigenvalue weighted by molar-refractivity contribution is 0.314. The standard InChI is InChI=1S/C12H6ClF2N3O/c13-7-4-9(16)8(14)3-6(7)5-1-2-10-12(11(5)15)18-19-17-10/h1-4H,16H2. The number of rotatable bonds is 1. The molecule has 0 radical (unpaired) electrons. The molecule has 4 nitrogen and oxygen atoms in total. The lowest BCUT2D eigenvalue weighted by Crippen LogP contribution is -1.94. The molecule has 0 aliphatic rings. The maximum absolute atomic E-state index is 14.2. The fraction of sp³-hybridized carbons (Fsp3) is 0. The maximum Gasteiger partial charge on any atom is 0.171 e. The molecule has 0 unspecified atom stereocenters. The number of anilines is 1. The maximum atomic E-state index is 14.2. The van der Waals surface area contributed by atoms with Gasteiger partial charge in [0.1, 0.15) is 11.3 Å². The van der Waals surface area contributed by atoms with Crippen LogP contribution < -0.4 is 5.73 Å². The molecule has 1 heterocycles. The molecule has 0 spiro atoms. The van der Waals surface area contributed by atoms with Gasteiger partial charge < -0.3 is 5.73 Å². The van der Waals surface area contributed by atoms with Crippen molar-refractivity contribution in [1.82, 2.24) is 10.3 Å². The molecule has 0 aliphatic carbocycles. The second-order valence-corrected chi connectivity index (χ2v) is 4.32. The minimum absolute atomic E-state index is 0.0363. The van der Waals surface area contributed by atoms with E-state index in [9.17, 15) is 8.78 Å². The molecule has 0 aliphatic heterocycles. The Bertz CT molecular complexity index is 788. The summed E-state index contributed by atoms with van der Waals surface area (Å²) >= 11 is 5.96. The first kappa shape index (κ1) is 11.9. The third-order valence-corrected chi connectivity index (χ3v) is 3.06. The summed E-state index contributed by atoms with van der Waals surface area (Å²) in [6.07, 6.45) is 0. The normalized spacial score (nSPS) is 11.1. The minimum Gasteiger partial charge on any atom is -0.396 e. The van der Waals surface area contributed by atoms with E-state index in [0.29, 0.717) is 0 Å². The van der Waals surface area contributed by atoms with Crippen molar-refractivity contribution >= 4 is 28.3 Å². The molecule has 0 amide bonds. The Labute approximate surface area is 110 Å². The van der Waals surface area contributed by atoms with Crippen molar-refractivity contribution in [3.05, 3.63) is 40.9 Å². The van der Waals surface area contributed by atoms with Gasteiger partial charge in [-0.25, -0.2) is 13.4 Å². The van der Waals surface area contributed by atoms with Gasteiger partial charge in [-0.2, -0.15) is 0 Å². The molecule has 0 saturated heterocycles. The Morgan fingerprint density at radius 1 is 1.11 bits per heavy atom. The average Bonchev–Trinajstić information content (AvgIpc) is 2.84. The van der Waals surface area contributed by atoms with E-state index in [1.807, 2.05) is 0 Å². The van der Waals surface area contributed by atoms with Crippen LogP contribution in [0.1, 0.15) is 0 Å². The van der Waals surface area contributed by atoms with Gasteiger partial charge in [-0.1, -0.05) is 11.6 Å². The Morgan fingerprint density at radius 2 is 1.89 bits per heavy atom. The summed E-state index contributed by atoms with van der Waals surface area (Å²) in [7, 11) is 0. The molecule has 7 heteroatoms. The number of aromatic nitrogens is 2. The second kappa shape index (κ2) is 4.17. The van der Waals surface area contributed by atoms with Gasteiger partial charge in [0.15, 0.2) is 11.3 Å². The van der Waals surface area contributed by atoms with Gasteiger partial charge in [0, 0.05) is 11.1 Å². The van der Waals surface area contributed by atoms with Crippen LogP contribution in [0.15, 0.2) is 28.9 Å². The zero-order chi connectivity index (χ0) is 13.6. The van der Waals surface area contributed by atoms with Gasteiger partial charge in [0.25, 0.3) is 0 Å². The van der Waals surface area contributed by atoms with E-state index in [0.717, 1.165) is 6.07 Å². The molecule has 0 saturated carbocycles. The lowest BCUT2D eigenvalue weighted by atomic mass is 10.0. The van der Waals surface area contributed by atoms with Gasteiger partial charge in [-0.3, -0.25) is 0 Å². The van der Waals surface area contributed by atoms with Crippen molar-refractivity contribution in [1.29, 1.82) is 0 Å². The summed E-state index contributed by atoms with van der Waals surface area (Å²) in [6, 6.07) is 5.25. The van der Waals surface area contributed by atoms with Crippen LogP contribution in [0.2, 0.25) is 5.02 Å². The van der Waals surface area contributed by atoms with E-state index in [1.165, 1.54) is 18.2 Å². The molecule has 3 aromatic rings. The van der Waals surface area contributed by atoms with Crippen LogP contribution in [0.5, 0.6) is 0 Å².